The van der Waals surface area contributed by atoms with Crippen molar-refractivity contribution in [3.63, 3.8) is 0 Å². The fourth-order valence-corrected chi connectivity index (χ4v) is 2.91. The molecule has 0 saturated carbocycles. The van der Waals surface area contributed by atoms with Gasteiger partial charge in [0, 0.05) is 28.8 Å². The molecule has 1 aliphatic heterocycles. The molecule has 0 bridgehead atoms. The van der Waals surface area contributed by atoms with Gasteiger partial charge in [-0.1, -0.05) is 6.07 Å². The molecule has 0 amide bonds. The van der Waals surface area contributed by atoms with Crippen LogP contribution in [0.2, 0.25) is 0 Å². The molecular weight excluding hydrogens is 307 g/mol. The zero-order chi connectivity index (χ0) is 16.9. The molecule has 3 rings (SSSR count). The van der Waals surface area contributed by atoms with Crippen LogP contribution < -0.4 is 10.1 Å². The van der Waals surface area contributed by atoms with Gasteiger partial charge in [0.2, 0.25) is 5.88 Å². The second-order valence-corrected chi connectivity index (χ2v) is 6.08. The highest BCUT2D eigenvalue weighted by Crippen LogP contribution is 2.25. The van der Waals surface area contributed by atoms with Crippen molar-refractivity contribution in [2.45, 2.75) is 32.3 Å². The molecule has 1 N–H and O–H groups in total. The van der Waals surface area contributed by atoms with Gasteiger partial charge >= 0.3 is 0 Å². The Morgan fingerprint density at radius 2 is 2.08 bits per heavy atom. The van der Waals surface area contributed by atoms with Gasteiger partial charge in [0.1, 0.15) is 12.4 Å². The smallest absolute Gasteiger partial charge is 0.213 e. The van der Waals surface area contributed by atoms with E-state index in [0.29, 0.717) is 22.9 Å². The lowest BCUT2D eigenvalue weighted by Gasteiger charge is -2.22. The topological polar surface area (TPSA) is 51.2 Å². The molecule has 24 heavy (non-hydrogen) atoms. The van der Waals surface area contributed by atoms with Gasteiger partial charge in [-0.3, -0.25) is 4.79 Å². The fraction of sp³-hybridized carbons (Fsp3) is 0.368. The highest BCUT2D eigenvalue weighted by Gasteiger charge is 2.17. The van der Waals surface area contributed by atoms with E-state index in [0.717, 1.165) is 31.6 Å². The van der Waals surface area contributed by atoms with Crippen LogP contribution in [0.4, 0.5) is 4.39 Å². The molecule has 2 aromatic rings. The normalized spacial score (nSPS) is 15.2. The van der Waals surface area contributed by atoms with E-state index in [2.05, 4.69) is 10.3 Å². The number of piperidine rings is 1. The molecule has 1 fully saturated rings. The number of carbonyl (C=O) groups excluding carboxylic acids is 1. The molecule has 4 nitrogen and oxygen atoms in total. The fourth-order valence-electron chi connectivity index (χ4n) is 2.91. The number of Topliss-reactive ketones (excluding diaryl/α,β-unsaturated/α-hetero) is 1. The molecule has 1 aromatic heterocycles. The summed E-state index contributed by atoms with van der Waals surface area (Å²) >= 11 is 0. The van der Waals surface area contributed by atoms with Crippen molar-refractivity contribution >= 4 is 5.78 Å². The zero-order valence-corrected chi connectivity index (χ0v) is 13.7. The van der Waals surface area contributed by atoms with Crippen LogP contribution in [0, 0.1) is 5.82 Å². The van der Waals surface area contributed by atoms with Crippen molar-refractivity contribution in [1.29, 1.82) is 0 Å². The maximum absolute atomic E-state index is 13.9. The predicted octanol–water partition coefficient (Wildman–Crippen LogP) is 3.47. The molecule has 0 aliphatic carbocycles. The number of nitrogens with one attached hydrogen (secondary N) is 1. The van der Waals surface area contributed by atoms with Crippen LogP contribution >= 0.6 is 0 Å². The Kier molecular flexibility index (Phi) is 5.20. The number of benzene rings is 1. The summed E-state index contributed by atoms with van der Waals surface area (Å²) in [5.74, 6) is 0.447. The Balaban J connectivity index is 1.70. The van der Waals surface area contributed by atoms with E-state index in [-0.39, 0.29) is 18.2 Å². The van der Waals surface area contributed by atoms with E-state index in [1.165, 1.54) is 25.1 Å². The highest BCUT2D eigenvalue weighted by molar-refractivity contribution is 5.94. The number of pyridine rings is 1. The van der Waals surface area contributed by atoms with Crippen LogP contribution in [0.1, 0.15) is 47.3 Å². The first kappa shape index (κ1) is 16.6. The molecule has 1 aromatic carbocycles. The minimum Gasteiger partial charge on any atom is -0.473 e. The third-order valence-electron chi connectivity index (χ3n) is 4.33. The lowest BCUT2D eigenvalue weighted by Crippen LogP contribution is -2.27. The van der Waals surface area contributed by atoms with E-state index >= 15 is 0 Å². The summed E-state index contributed by atoms with van der Waals surface area (Å²) in [6.45, 7) is 3.51. The summed E-state index contributed by atoms with van der Waals surface area (Å²) in [4.78, 5) is 16.0. The van der Waals surface area contributed by atoms with E-state index in [1.54, 1.807) is 6.07 Å². The largest absolute Gasteiger partial charge is 0.473 e. The molecule has 2 heterocycles. The molecule has 0 spiro atoms. The summed E-state index contributed by atoms with van der Waals surface area (Å²) in [6, 6.07) is 10.0. The molecule has 1 aliphatic rings. The summed E-state index contributed by atoms with van der Waals surface area (Å²) in [6.07, 6.45) is 2.12. The van der Waals surface area contributed by atoms with Gasteiger partial charge in [-0.05, 0) is 57.1 Å². The van der Waals surface area contributed by atoms with E-state index < -0.39 is 0 Å². The molecular formula is C19H21FN2O2. The van der Waals surface area contributed by atoms with Gasteiger partial charge in [-0.25, -0.2) is 9.37 Å². The number of ether oxygens (including phenoxy) is 1. The Morgan fingerprint density at radius 1 is 1.29 bits per heavy atom. The predicted molar refractivity (Wildman–Crippen MR) is 89.8 cm³/mol. The number of nitrogens with zero attached hydrogens (tertiary/aromatic N) is 1. The maximum Gasteiger partial charge on any atom is 0.213 e. The molecule has 0 radical (unpaired) electrons. The number of halogens is 1. The van der Waals surface area contributed by atoms with Gasteiger partial charge in [0.15, 0.2) is 5.78 Å². The maximum atomic E-state index is 13.9. The Labute approximate surface area is 141 Å². The van der Waals surface area contributed by atoms with Crippen molar-refractivity contribution in [2.75, 3.05) is 13.1 Å². The van der Waals surface area contributed by atoms with Gasteiger partial charge in [0.05, 0.1) is 0 Å². The quantitative estimate of drug-likeness (QED) is 0.854. The first-order chi connectivity index (χ1) is 11.6. The van der Waals surface area contributed by atoms with Crippen LogP contribution in [-0.2, 0) is 6.61 Å². The summed E-state index contributed by atoms with van der Waals surface area (Å²) in [5, 5.41) is 3.34. The minimum atomic E-state index is -0.380. The van der Waals surface area contributed by atoms with Crippen molar-refractivity contribution < 1.29 is 13.9 Å². The van der Waals surface area contributed by atoms with E-state index in [9.17, 15) is 9.18 Å². The van der Waals surface area contributed by atoms with E-state index in [1.807, 2.05) is 12.1 Å². The monoisotopic (exact) mass is 328 g/mol. The first-order valence-electron chi connectivity index (χ1n) is 8.23. The number of rotatable bonds is 5. The number of hydrogen-bond acceptors (Lipinski definition) is 4. The zero-order valence-electron chi connectivity index (χ0n) is 13.7. The SMILES string of the molecule is CC(=O)c1ccc(F)c(COc2cccc(C3CCNCC3)n2)c1. The number of carbonyl (C=O) groups is 1. The first-order valence-corrected chi connectivity index (χ1v) is 8.23. The van der Waals surface area contributed by atoms with Crippen molar-refractivity contribution in [3.05, 3.63) is 59.0 Å². The lowest BCUT2D eigenvalue weighted by molar-refractivity contribution is 0.101. The number of aromatic nitrogens is 1. The molecule has 5 heteroatoms. The van der Waals surface area contributed by atoms with Gasteiger partial charge in [0.25, 0.3) is 0 Å². The molecule has 126 valence electrons. The third-order valence-corrected chi connectivity index (χ3v) is 4.33. The van der Waals surface area contributed by atoms with Crippen molar-refractivity contribution in [1.82, 2.24) is 10.3 Å². The summed E-state index contributed by atoms with van der Waals surface area (Å²) in [7, 11) is 0. The number of hydrogen-bond donors (Lipinski definition) is 1. The van der Waals surface area contributed by atoms with Crippen LogP contribution in [0.15, 0.2) is 36.4 Å². The molecule has 0 atom stereocenters. The van der Waals surface area contributed by atoms with Gasteiger partial charge < -0.3 is 10.1 Å². The molecule has 1 saturated heterocycles. The number of ketones is 1. The average molecular weight is 328 g/mol. The second-order valence-electron chi connectivity index (χ2n) is 6.08. The van der Waals surface area contributed by atoms with Crippen molar-refractivity contribution in [3.8, 4) is 5.88 Å². The van der Waals surface area contributed by atoms with Gasteiger partial charge in [-0.2, -0.15) is 0 Å². The van der Waals surface area contributed by atoms with Gasteiger partial charge in [-0.15, -0.1) is 0 Å². The minimum absolute atomic E-state index is 0.0512. The van der Waals surface area contributed by atoms with Crippen LogP contribution in [0.5, 0.6) is 5.88 Å². The molecule has 0 unspecified atom stereocenters. The standard InChI is InChI=1S/C19H21FN2O2/c1-13(23)15-5-6-17(20)16(11-15)12-24-19-4-2-3-18(22-19)14-7-9-21-10-8-14/h2-6,11,14,21H,7-10,12H2,1H3. The van der Waals surface area contributed by atoms with Crippen LogP contribution in [0.25, 0.3) is 0 Å². The lowest BCUT2D eigenvalue weighted by atomic mass is 9.94. The van der Waals surface area contributed by atoms with Crippen LogP contribution in [-0.4, -0.2) is 23.9 Å². The second kappa shape index (κ2) is 7.53. The average Bonchev–Trinajstić information content (AvgIpc) is 2.62. The van der Waals surface area contributed by atoms with E-state index in [4.69, 9.17) is 4.74 Å². The Bertz CT molecular complexity index is 727. The summed E-state index contributed by atoms with van der Waals surface area (Å²) in [5.41, 5.74) is 1.86. The van der Waals surface area contributed by atoms with Crippen molar-refractivity contribution in [2.24, 2.45) is 0 Å². The summed E-state index contributed by atoms with van der Waals surface area (Å²) < 4.78 is 19.5. The highest BCUT2D eigenvalue weighted by atomic mass is 19.1. The Morgan fingerprint density at radius 3 is 2.83 bits per heavy atom. The Hall–Kier alpha value is -2.27. The van der Waals surface area contributed by atoms with Crippen LogP contribution in [0.3, 0.4) is 0 Å². The third kappa shape index (κ3) is 3.97.